The number of aliphatic hydroxyl groups excluding tert-OH is 3. The van der Waals surface area contributed by atoms with Crippen LogP contribution in [0.2, 0.25) is 0 Å². The summed E-state index contributed by atoms with van der Waals surface area (Å²) < 4.78 is 13.8. The lowest BCUT2D eigenvalue weighted by Gasteiger charge is -2.18. The summed E-state index contributed by atoms with van der Waals surface area (Å²) in [4.78, 5) is 28.7. The normalized spacial score (nSPS) is 27.1. The molecule has 1 aliphatic rings. The molecular weight excluding hydrogens is 324 g/mol. The van der Waals surface area contributed by atoms with Gasteiger partial charge in [0.25, 0.3) is 5.56 Å². The quantitative estimate of drug-likeness (QED) is 0.538. The highest BCUT2D eigenvalue weighted by Gasteiger charge is 2.45. The fraction of sp³-hybridized carbons (Fsp3) is 0.615. The monoisotopic (exact) mass is 342 g/mol. The third-order valence-electron chi connectivity index (χ3n) is 4.21. The maximum atomic E-state index is 12.5. The van der Waals surface area contributed by atoms with Crippen molar-refractivity contribution < 1.29 is 24.8 Å². The van der Waals surface area contributed by atoms with Crippen LogP contribution in [0.5, 0.6) is 6.01 Å². The molecule has 11 nitrogen and oxygen atoms in total. The van der Waals surface area contributed by atoms with Gasteiger partial charge in [-0.3, -0.25) is 18.5 Å². The number of aryl methyl sites for hydroxylation is 1. The molecule has 0 aliphatic carbocycles. The molecule has 1 fully saturated rings. The number of aromatic nitrogens is 4. The van der Waals surface area contributed by atoms with Crippen LogP contribution in [0.4, 0.5) is 0 Å². The predicted octanol–water partition coefficient (Wildman–Crippen LogP) is -2.95. The number of methoxy groups -OCH3 is 1. The summed E-state index contributed by atoms with van der Waals surface area (Å²) in [5.74, 6) is 0. The minimum Gasteiger partial charge on any atom is -0.468 e. The lowest BCUT2D eigenvalue weighted by Crippen LogP contribution is -2.38. The summed E-state index contributed by atoms with van der Waals surface area (Å²) in [7, 11) is 4.06. The second kappa shape index (κ2) is 5.70. The number of nitrogens with zero attached hydrogens (tertiary/aromatic N) is 4. The summed E-state index contributed by atoms with van der Waals surface area (Å²) in [5.41, 5.74) is -1.19. The van der Waals surface area contributed by atoms with Gasteiger partial charge in [-0.1, -0.05) is 0 Å². The highest BCUT2D eigenvalue weighted by molar-refractivity contribution is 5.72. The first kappa shape index (κ1) is 16.6. The third kappa shape index (κ3) is 2.09. The zero-order valence-corrected chi connectivity index (χ0v) is 13.3. The predicted molar refractivity (Wildman–Crippen MR) is 79.8 cm³/mol. The molecule has 3 rings (SSSR count). The molecule has 1 aliphatic heterocycles. The molecule has 2 aromatic heterocycles. The Morgan fingerprint density at radius 2 is 1.88 bits per heavy atom. The Morgan fingerprint density at radius 3 is 2.42 bits per heavy atom. The van der Waals surface area contributed by atoms with Crippen LogP contribution in [-0.2, 0) is 18.8 Å². The van der Waals surface area contributed by atoms with Gasteiger partial charge in [0, 0.05) is 14.1 Å². The molecule has 11 heteroatoms. The van der Waals surface area contributed by atoms with E-state index in [9.17, 15) is 24.9 Å². The van der Waals surface area contributed by atoms with Crippen molar-refractivity contribution in [2.45, 2.75) is 24.5 Å². The minimum atomic E-state index is -1.42. The van der Waals surface area contributed by atoms with Crippen LogP contribution in [0.1, 0.15) is 6.23 Å². The van der Waals surface area contributed by atoms with E-state index in [2.05, 4.69) is 4.98 Å². The van der Waals surface area contributed by atoms with E-state index in [1.54, 1.807) is 0 Å². The molecule has 0 unspecified atom stereocenters. The second-order valence-corrected chi connectivity index (χ2v) is 5.58. The van der Waals surface area contributed by atoms with E-state index in [4.69, 9.17) is 9.47 Å². The molecule has 0 aromatic carbocycles. The summed E-state index contributed by atoms with van der Waals surface area (Å²) in [5, 5.41) is 29.4. The van der Waals surface area contributed by atoms with E-state index in [1.807, 2.05) is 0 Å². The highest BCUT2D eigenvalue weighted by atomic mass is 16.6. The molecule has 0 saturated carbocycles. The van der Waals surface area contributed by atoms with Crippen molar-refractivity contribution in [3.05, 3.63) is 20.8 Å². The summed E-state index contributed by atoms with van der Waals surface area (Å²) in [6, 6.07) is -0.0712. The topological polar surface area (TPSA) is 141 Å². The van der Waals surface area contributed by atoms with Crippen molar-refractivity contribution in [1.29, 1.82) is 0 Å². The molecule has 3 heterocycles. The largest absolute Gasteiger partial charge is 0.468 e. The van der Waals surface area contributed by atoms with E-state index < -0.39 is 42.4 Å². The maximum absolute atomic E-state index is 12.5. The Bertz CT molecular complexity index is 898. The zero-order chi connectivity index (χ0) is 17.8. The molecule has 3 N–H and O–H groups in total. The first-order chi connectivity index (χ1) is 11.3. The van der Waals surface area contributed by atoms with Crippen molar-refractivity contribution in [3.8, 4) is 6.01 Å². The van der Waals surface area contributed by atoms with Crippen molar-refractivity contribution in [1.82, 2.24) is 18.7 Å². The average Bonchev–Trinajstić information content (AvgIpc) is 3.09. The Kier molecular flexibility index (Phi) is 3.95. The number of ether oxygens (including phenoxy) is 2. The van der Waals surface area contributed by atoms with Crippen LogP contribution in [0.15, 0.2) is 9.59 Å². The lowest BCUT2D eigenvalue weighted by atomic mass is 10.1. The molecule has 1 saturated heterocycles. The molecule has 24 heavy (non-hydrogen) atoms. The first-order valence-corrected chi connectivity index (χ1v) is 7.17. The molecule has 0 radical (unpaired) electrons. The fourth-order valence-corrected chi connectivity index (χ4v) is 2.87. The van der Waals surface area contributed by atoms with Gasteiger partial charge in [0.2, 0.25) is 0 Å². The second-order valence-electron chi connectivity index (χ2n) is 5.58. The van der Waals surface area contributed by atoms with Gasteiger partial charge < -0.3 is 24.8 Å². The Balaban J connectivity index is 2.33. The summed E-state index contributed by atoms with van der Waals surface area (Å²) in [6.07, 6.45) is -5.00. The molecule has 2 aromatic rings. The van der Waals surface area contributed by atoms with Crippen molar-refractivity contribution in [2.24, 2.45) is 14.1 Å². The van der Waals surface area contributed by atoms with E-state index in [0.29, 0.717) is 0 Å². The molecule has 0 amide bonds. The van der Waals surface area contributed by atoms with Crippen LogP contribution in [0, 0.1) is 0 Å². The smallest absolute Gasteiger partial charge is 0.332 e. The minimum absolute atomic E-state index is 0.0220. The van der Waals surface area contributed by atoms with Gasteiger partial charge in [-0.15, -0.1) is 0 Å². The van der Waals surface area contributed by atoms with Crippen molar-refractivity contribution in [2.75, 3.05) is 13.7 Å². The van der Waals surface area contributed by atoms with E-state index in [-0.39, 0.29) is 17.2 Å². The number of hydrogen-bond donors (Lipinski definition) is 3. The highest BCUT2D eigenvalue weighted by Crippen LogP contribution is 2.34. The number of fused-ring (bicyclic) bond motifs is 1. The van der Waals surface area contributed by atoms with Crippen LogP contribution in [0.3, 0.4) is 0 Å². The molecule has 132 valence electrons. The van der Waals surface area contributed by atoms with Crippen LogP contribution < -0.4 is 16.0 Å². The van der Waals surface area contributed by atoms with E-state index in [1.165, 1.54) is 25.8 Å². The lowest BCUT2D eigenvalue weighted by molar-refractivity contribution is -0.0536. The van der Waals surface area contributed by atoms with Gasteiger partial charge >= 0.3 is 11.7 Å². The average molecular weight is 342 g/mol. The summed E-state index contributed by atoms with van der Waals surface area (Å²) in [6.45, 7) is -0.514. The van der Waals surface area contributed by atoms with Crippen LogP contribution in [0.25, 0.3) is 11.2 Å². The third-order valence-corrected chi connectivity index (χ3v) is 4.21. The van der Waals surface area contributed by atoms with E-state index >= 15 is 0 Å². The van der Waals surface area contributed by atoms with Crippen molar-refractivity contribution in [3.63, 3.8) is 0 Å². The van der Waals surface area contributed by atoms with Crippen LogP contribution >= 0.6 is 0 Å². The SMILES string of the molecule is COc1nc2c(c(=O)n(C)c(=O)n2C)n1[C@@H]1O[C@H](CO)[C@@H](O)[C@H]1O. The first-order valence-electron chi connectivity index (χ1n) is 7.17. The van der Waals surface area contributed by atoms with Gasteiger partial charge in [-0.05, 0) is 0 Å². The Labute approximate surface area is 134 Å². The van der Waals surface area contributed by atoms with Gasteiger partial charge in [0.1, 0.15) is 18.3 Å². The number of hydrogen-bond acceptors (Lipinski definition) is 8. The standard InChI is InChI=1S/C13H18N4O7/c1-15-9-6(10(21)16(2)13(15)22)17(12(14-9)23-3)11-8(20)7(19)5(4-18)24-11/h5,7-8,11,18-20H,4H2,1-3H3/t5-,7-,8-,11-/m1/s1. The van der Waals surface area contributed by atoms with Gasteiger partial charge in [0.05, 0.1) is 13.7 Å². The number of aliphatic hydroxyl groups is 3. The Hall–Kier alpha value is -2.21. The number of rotatable bonds is 3. The van der Waals surface area contributed by atoms with Crippen LogP contribution in [-0.4, -0.2) is 66.0 Å². The molecule has 4 atom stereocenters. The fourth-order valence-electron chi connectivity index (χ4n) is 2.87. The summed E-state index contributed by atoms with van der Waals surface area (Å²) >= 11 is 0. The molecular formula is C13H18N4O7. The molecule has 0 spiro atoms. The van der Waals surface area contributed by atoms with Gasteiger partial charge in [0.15, 0.2) is 17.4 Å². The zero-order valence-electron chi connectivity index (χ0n) is 13.3. The maximum Gasteiger partial charge on any atom is 0.332 e. The number of imidazole rings is 1. The van der Waals surface area contributed by atoms with Gasteiger partial charge in [-0.25, -0.2) is 4.79 Å². The van der Waals surface area contributed by atoms with E-state index in [0.717, 1.165) is 9.13 Å². The van der Waals surface area contributed by atoms with Crippen molar-refractivity contribution >= 4 is 11.2 Å². The van der Waals surface area contributed by atoms with Gasteiger partial charge in [-0.2, -0.15) is 4.98 Å². The Morgan fingerprint density at radius 1 is 1.21 bits per heavy atom. The molecule has 0 bridgehead atoms.